The van der Waals surface area contributed by atoms with Gasteiger partial charge in [-0.2, -0.15) is 0 Å². The molecule has 0 atom stereocenters. The van der Waals surface area contributed by atoms with E-state index in [1.54, 1.807) is 6.07 Å². The number of benzene rings is 2. The zero-order chi connectivity index (χ0) is 20.9. The van der Waals surface area contributed by atoms with Gasteiger partial charge in [0.1, 0.15) is 10.6 Å². The summed E-state index contributed by atoms with van der Waals surface area (Å²) in [6, 6.07) is 10.0. The van der Waals surface area contributed by atoms with Crippen molar-refractivity contribution in [1.29, 1.82) is 0 Å². The number of carboxylic acid groups (broad SMARTS) is 1. The first-order chi connectivity index (χ1) is 13.0. The minimum absolute atomic E-state index is 0.0152. The molecule has 150 valence electrons. The molecule has 0 spiro atoms. The van der Waals surface area contributed by atoms with Crippen LogP contribution >= 0.6 is 0 Å². The molecule has 3 N–H and O–H groups in total. The molecule has 0 unspecified atom stereocenters. The van der Waals surface area contributed by atoms with Crippen molar-refractivity contribution in [2.24, 2.45) is 0 Å². The topological polar surface area (TPSA) is 139 Å². The van der Waals surface area contributed by atoms with Crippen LogP contribution < -0.4 is 14.2 Å². The van der Waals surface area contributed by atoms with E-state index in [2.05, 4.69) is 9.44 Å². The Kier molecular flexibility index (Phi) is 6.31. The molecule has 0 fully saturated rings. The van der Waals surface area contributed by atoms with E-state index in [1.807, 2.05) is 0 Å². The summed E-state index contributed by atoms with van der Waals surface area (Å²) in [5, 5.41) is 8.72. The molecule has 28 heavy (non-hydrogen) atoms. The quantitative estimate of drug-likeness (QED) is 0.548. The summed E-state index contributed by atoms with van der Waals surface area (Å²) in [5.74, 6) is -1.15. The molecule has 9 nitrogen and oxygen atoms in total. The van der Waals surface area contributed by atoms with Crippen molar-refractivity contribution < 1.29 is 31.5 Å². The number of hydrogen-bond acceptors (Lipinski definition) is 6. The number of anilines is 2. The largest absolute Gasteiger partial charge is 0.495 e. The number of carbonyl (C=O) groups is 1. The minimum atomic E-state index is -4.19. The molecule has 2 aromatic carbocycles. The molecule has 0 aliphatic heterocycles. The Hall–Kier alpha value is -3.05. The van der Waals surface area contributed by atoms with Crippen LogP contribution in [0.25, 0.3) is 6.08 Å². The van der Waals surface area contributed by atoms with E-state index in [-0.39, 0.29) is 22.0 Å². The standard InChI is InChI=1S/C17H18N2O7S2/c1-26-15-9-7-12(8-10-17(20)21)11-16(15)28(24,25)19-14-6-4-3-5-13(14)18-27(2,22)23/h3-11,18-19H,1-2H3,(H,20,21)/b10-8-. The third kappa shape index (κ3) is 5.72. The van der Waals surface area contributed by atoms with E-state index in [9.17, 15) is 21.6 Å². The summed E-state index contributed by atoms with van der Waals surface area (Å²) < 4.78 is 58.4. The first-order valence-corrected chi connectivity index (χ1v) is 11.1. The lowest BCUT2D eigenvalue weighted by molar-refractivity contribution is -0.131. The highest BCUT2D eigenvalue weighted by Crippen LogP contribution is 2.30. The molecule has 11 heteroatoms. The van der Waals surface area contributed by atoms with Crippen LogP contribution in [0.15, 0.2) is 53.4 Å². The summed E-state index contributed by atoms with van der Waals surface area (Å²) >= 11 is 0. The van der Waals surface area contributed by atoms with Crippen molar-refractivity contribution in [2.75, 3.05) is 22.8 Å². The summed E-state index contributed by atoms with van der Waals surface area (Å²) in [6.07, 6.45) is 3.05. The number of para-hydroxylation sites is 2. The molecule has 0 saturated carbocycles. The molecule has 0 radical (unpaired) electrons. The third-order valence-electron chi connectivity index (χ3n) is 3.36. The van der Waals surface area contributed by atoms with Crippen LogP contribution in [0.5, 0.6) is 5.75 Å². The van der Waals surface area contributed by atoms with Crippen LogP contribution in [0.4, 0.5) is 11.4 Å². The first-order valence-electron chi connectivity index (χ1n) is 7.70. The van der Waals surface area contributed by atoms with Gasteiger partial charge in [0.25, 0.3) is 10.0 Å². The minimum Gasteiger partial charge on any atom is -0.495 e. The maximum absolute atomic E-state index is 12.9. The van der Waals surface area contributed by atoms with Crippen LogP contribution in [0, 0.1) is 0 Å². The van der Waals surface area contributed by atoms with Gasteiger partial charge in [0.2, 0.25) is 10.0 Å². The summed E-state index contributed by atoms with van der Waals surface area (Å²) in [6.45, 7) is 0. The Labute approximate surface area is 162 Å². The molecule has 0 saturated heterocycles. The van der Waals surface area contributed by atoms with Crippen molar-refractivity contribution in [3.63, 3.8) is 0 Å². The second-order valence-electron chi connectivity index (χ2n) is 5.61. The maximum Gasteiger partial charge on any atom is 0.328 e. The molecule has 2 aromatic rings. The predicted octanol–water partition coefficient (Wildman–Crippen LogP) is 1.97. The van der Waals surface area contributed by atoms with Crippen LogP contribution in [0.2, 0.25) is 0 Å². The fourth-order valence-corrected chi connectivity index (χ4v) is 4.10. The molecule has 0 amide bonds. The van der Waals surface area contributed by atoms with Gasteiger partial charge in [-0.05, 0) is 35.9 Å². The Morgan fingerprint density at radius 3 is 2.18 bits per heavy atom. The molecule has 0 aliphatic carbocycles. The van der Waals surface area contributed by atoms with Gasteiger partial charge in [0, 0.05) is 6.08 Å². The van der Waals surface area contributed by atoms with Crippen molar-refractivity contribution in [3.05, 3.63) is 54.1 Å². The van der Waals surface area contributed by atoms with Gasteiger partial charge in [-0.15, -0.1) is 0 Å². The number of hydrogen-bond donors (Lipinski definition) is 3. The van der Waals surface area contributed by atoms with Gasteiger partial charge >= 0.3 is 5.97 Å². The maximum atomic E-state index is 12.9. The molecule has 0 aromatic heterocycles. The molecular formula is C17H18N2O7S2. The lowest BCUT2D eigenvalue weighted by Gasteiger charge is -2.15. The number of ether oxygens (including phenoxy) is 1. The normalized spacial score (nSPS) is 11.9. The highest BCUT2D eigenvalue weighted by Gasteiger charge is 2.22. The van der Waals surface area contributed by atoms with Gasteiger partial charge in [0.05, 0.1) is 24.7 Å². The van der Waals surface area contributed by atoms with Gasteiger partial charge < -0.3 is 9.84 Å². The average molecular weight is 426 g/mol. The van der Waals surface area contributed by atoms with Gasteiger partial charge in [0.15, 0.2) is 0 Å². The van der Waals surface area contributed by atoms with Gasteiger partial charge in [-0.3, -0.25) is 9.44 Å². The van der Waals surface area contributed by atoms with Crippen LogP contribution in [-0.4, -0.2) is 41.3 Å². The molecule has 0 aliphatic rings. The zero-order valence-corrected chi connectivity index (χ0v) is 16.5. The van der Waals surface area contributed by atoms with Crippen LogP contribution in [0.3, 0.4) is 0 Å². The van der Waals surface area contributed by atoms with Crippen molar-refractivity contribution in [3.8, 4) is 5.75 Å². The highest BCUT2D eigenvalue weighted by atomic mass is 32.2. The lowest BCUT2D eigenvalue weighted by atomic mass is 10.2. The fourth-order valence-electron chi connectivity index (χ4n) is 2.24. The number of rotatable bonds is 8. The van der Waals surface area contributed by atoms with Crippen LogP contribution in [0.1, 0.15) is 5.56 Å². The second-order valence-corrected chi connectivity index (χ2v) is 9.01. The number of carboxylic acids is 1. The van der Waals surface area contributed by atoms with Gasteiger partial charge in [-0.1, -0.05) is 18.2 Å². The van der Waals surface area contributed by atoms with Crippen molar-refractivity contribution >= 4 is 43.5 Å². The zero-order valence-electron chi connectivity index (χ0n) is 14.9. The molecule has 0 heterocycles. The predicted molar refractivity (Wildman–Crippen MR) is 105 cm³/mol. The number of aliphatic carboxylic acids is 1. The SMILES string of the molecule is COc1ccc(/C=C\C(=O)O)cc1S(=O)(=O)Nc1ccccc1NS(C)(=O)=O. The Balaban J connectivity index is 2.48. The summed E-state index contributed by atoms with van der Waals surface area (Å²) in [4.78, 5) is 10.4. The third-order valence-corrected chi connectivity index (χ3v) is 5.34. The van der Waals surface area contributed by atoms with Crippen molar-refractivity contribution in [2.45, 2.75) is 4.90 Å². The average Bonchev–Trinajstić information content (AvgIpc) is 2.60. The number of methoxy groups -OCH3 is 1. The Morgan fingerprint density at radius 2 is 1.64 bits per heavy atom. The van der Waals surface area contributed by atoms with Crippen LogP contribution in [-0.2, 0) is 24.8 Å². The van der Waals surface area contributed by atoms with E-state index >= 15 is 0 Å². The summed E-state index contributed by atoms with van der Waals surface area (Å²) in [5.41, 5.74) is 0.391. The van der Waals surface area contributed by atoms with E-state index < -0.39 is 26.0 Å². The van der Waals surface area contributed by atoms with Crippen molar-refractivity contribution in [1.82, 2.24) is 0 Å². The lowest BCUT2D eigenvalue weighted by Crippen LogP contribution is -2.17. The van der Waals surface area contributed by atoms with E-state index in [0.29, 0.717) is 5.56 Å². The van der Waals surface area contributed by atoms with E-state index in [1.165, 1.54) is 49.6 Å². The molecule has 2 rings (SSSR count). The highest BCUT2D eigenvalue weighted by molar-refractivity contribution is 7.93. The number of nitrogens with one attached hydrogen (secondary N) is 2. The monoisotopic (exact) mass is 426 g/mol. The second kappa shape index (κ2) is 8.31. The van der Waals surface area contributed by atoms with E-state index in [4.69, 9.17) is 9.84 Å². The van der Waals surface area contributed by atoms with Gasteiger partial charge in [-0.25, -0.2) is 21.6 Å². The fraction of sp³-hybridized carbons (Fsp3) is 0.118. The molecule has 0 bridgehead atoms. The summed E-state index contributed by atoms with van der Waals surface area (Å²) in [7, 11) is -6.52. The molecular weight excluding hydrogens is 408 g/mol. The number of sulfonamides is 2. The van der Waals surface area contributed by atoms with E-state index in [0.717, 1.165) is 12.3 Å². The first kappa shape index (κ1) is 21.3. The Bertz CT molecular complexity index is 1120. The smallest absolute Gasteiger partial charge is 0.328 e. The Morgan fingerprint density at radius 1 is 1.04 bits per heavy atom.